The van der Waals surface area contributed by atoms with Crippen molar-refractivity contribution in [2.24, 2.45) is 0 Å². The molecule has 2 saturated heterocycles. The molecule has 15 nitrogen and oxygen atoms in total. The molecule has 16 heteroatoms. The normalized spacial score (nSPS) is 23.5. The Bertz CT molecular complexity index is 1720. The van der Waals surface area contributed by atoms with Crippen LogP contribution in [-0.4, -0.2) is 104 Å². The number of methoxy groups -OCH3 is 3. The Hall–Kier alpha value is -5.05. The maximum absolute atomic E-state index is 14.5. The molecule has 2 aromatic carbocycles. The van der Waals surface area contributed by atoms with Gasteiger partial charge in [0.15, 0.2) is 11.5 Å². The first kappa shape index (κ1) is 39.2. The zero-order valence-corrected chi connectivity index (χ0v) is 30.8. The van der Waals surface area contributed by atoms with Gasteiger partial charge in [-0.05, 0) is 74.8 Å². The molecule has 5 N–H and O–H groups in total. The second-order valence-corrected chi connectivity index (χ2v) is 14.0. The van der Waals surface area contributed by atoms with E-state index >= 15 is 0 Å². The Morgan fingerprint density at radius 3 is 2.25 bits per heavy atom. The summed E-state index contributed by atoms with van der Waals surface area (Å²) in [7, 11) is 4.23. The quantitative estimate of drug-likeness (QED) is 0.253. The van der Waals surface area contributed by atoms with Crippen LogP contribution in [0.2, 0.25) is 5.02 Å². The molecule has 286 valence electrons. The summed E-state index contributed by atoms with van der Waals surface area (Å²) >= 11 is 6.13. The molecule has 5 amide bonds. The van der Waals surface area contributed by atoms with Crippen molar-refractivity contribution in [1.82, 2.24) is 26.2 Å². The topological polar surface area (TPSA) is 202 Å². The van der Waals surface area contributed by atoms with Crippen LogP contribution in [0.3, 0.4) is 0 Å². The minimum absolute atomic E-state index is 0.0544. The maximum Gasteiger partial charge on any atom is 0.326 e. The molecule has 0 unspecified atom stereocenters. The van der Waals surface area contributed by atoms with E-state index < -0.39 is 53.3 Å². The molecule has 0 spiro atoms. The van der Waals surface area contributed by atoms with Crippen LogP contribution < -0.4 is 35.5 Å². The third kappa shape index (κ3) is 8.61. The fourth-order valence-electron chi connectivity index (χ4n) is 7.27. The minimum atomic E-state index is -1.41. The van der Waals surface area contributed by atoms with E-state index in [0.29, 0.717) is 36.5 Å². The van der Waals surface area contributed by atoms with Crippen LogP contribution in [0.5, 0.6) is 17.2 Å². The highest BCUT2D eigenvalue weighted by Crippen LogP contribution is 2.44. The van der Waals surface area contributed by atoms with Gasteiger partial charge in [-0.25, -0.2) is 4.79 Å². The summed E-state index contributed by atoms with van der Waals surface area (Å²) in [6, 6.07) is 5.68. The van der Waals surface area contributed by atoms with Gasteiger partial charge in [-0.15, -0.1) is 0 Å². The molecule has 2 aromatic rings. The number of carboxylic acids is 1. The number of carbonyl (C=O) groups is 6. The van der Waals surface area contributed by atoms with Crippen molar-refractivity contribution in [3.8, 4) is 17.2 Å². The minimum Gasteiger partial charge on any atom is -0.493 e. The fourth-order valence-corrected chi connectivity index (χ4v) is 7.39. The van der Waals surface area contributed by atoms with Crippen molar-refractivity contribution in [3.63, 3.8) is 0 Å². The molecule has 3 fully saturated rings. The largest absolute Gasteiger partial charge is 0.493 e. The monoisotopic (exact) mass is 755 g/mol. The van der Waals surface area contributed by atoms with Crippen molar-refractivity contribution in [2.45, 2.75) is 87.4 Å². The predicted octanol–water partition coefficient (Wildman–Crippen LogP) is 2.32. The maximum atomic E-state index is 14.5. The molecule has 0 radical (unpaired) electrons. The number of nitrogens with one attached hydrogen (secondary N) is 4. The van der Waals surface area contributed by atoms with E-state index in [9.17, 15) is 33.9 Å². The zero-order chi connectivity index (χ0) is 38.3. The van der Waals surface area contributed by atoms with Gasteiger partial charge in [0, 0.05) is 30.6 Å². The summed E-state index contributed by atoms with van der Waals surface area (Å²) in [6.45, 7) is 0.178. The van der Waals surface area contributed by atoms with E-state index in [0.717, 1.165) is 12.0 Å². The first-order valence-electron chi connectivity index (χ1n) is 17.7. The molecule has 2 heterocycles. The highest BCUT2D eigenvalue weighted by molar-refractivity contribution is 6.30. The van der Waals surface area contributed by atoms with Crippen molar-refractivity contribution < 1.29 is 48.1 Å². The van der Waals surface area contributed by atoms with Gasteiger partial charge >= 0.3 is 5.97 Å². The van der Waals surface area contributed by atoms with Crippen molar-refractivity contribution in [1.29, 1.82) is 0 Å². The number of nitrogens with zero attached hydrogens (tertiary/aromatic N) is 1. The van der Waals surface area contributed by atoms with Crippen LogP contribution >= 0.6 is 11.6 Å². The number of carboxylic acid groups (broad SMARTS) is 1. The lowest BCUT2D eigenvalue weighted by Crippen LogP contribution is -2.58. The number of carbonyl (C=O) groups excluding carboxylic acids is 5. The van der Waals surface area contributed by atoms with Crippen LogP contribution in [0.15, 0.2) is 36.4 Å². The lowest BCUT2D eigenvalue weighted by molar-refractivity contribution is -0.145. The van der Waals surface area contributed by atoms with Crippen LogP contribution in [0.25, 0.3) is 0 Å². The average Bonchev–Trinajstić information content (AvgIpc) is 3.54. The lowest BCUT2D eigenvalue weighted by atomic mass is 9.63. The Labute approximate surface area is 312 Å². The number of amides is 5. The van der Waals surface area contributed by atoms with E-state index in [4.69, 9.17) is 25.8 Å². The van der Waals surface area contributed by atoms with Crippen molar-refractivity contribution >= 4 is 47.1 Å². The molecule has 0 aromatic heterocycles. The summed E-state index contributed by atoms with van der Waals surface area (Å²) in [5.74, 6) is -3.25. The second kappa shape index (κ2) is 17.2. The van der Waals surface area contributed by atoms with Crippen LogP contribution in [-0.2, 0) is 29.4 Å². The zero-order valence-electron chi connectivity index (χ0n) is 30.0. The van der Waals surface area contributed by atoms with Gasteiger partial charge < -0.3 is 45.5 Å². The standard InChI is InChI=1S/C37H46ClN5O10/c1-51-28-14-12-24(30(52-2)31(28)53-3)32(45)40-23-19-27-33(46)41-26(35(48)49)13-15-29(44)39-18-5-4-7-25(34(47)43(27)20-23)42-36(50)37(16-6-17-37)21-8-10-22(38)11-9-21/h8-12,14,23,25-27H,4-7,13,15-20H2,1-3H3,(H,39,44)(H,40,45)(H,41,46)(H,42,50)(H,48,49)/t23-,25+,26+,27+/m1/s1. The molecular formula is C37H46ClN5O10. The Kier molecular flexibility index (Phi) is 12.7. The summed E-state index contributed by atoms with van der Waals surface area (Å²) in [5, 5.41) is 21.6. The molecule has 5 rings (SSSR count). The first-order valence-corrected chi connectivity index (χ1v) is 18.1. The molecule has 3 aliphatic rings. The summed E-state index contributed by atoms with van der Waals surface area (Å²) in [5.41, 5.74) is 0.0404. The molecule has 0 bridgehead atoms. The van der Waals surface area contributed by atoms with Crippen LogP contribution in [0.4, 0.5) is 0 Å². The van der Waals surface area contributed by atoms with Gasteiger partial charge in [0.2, 0.25) is 29.4 Å². The number of benzene rings is 2. The van der Waals surface area contributed by atoms with Gasteiger partial charge in [0.25, 0.3) is 5.91 Å². The number of ether oxygens (including phenoxy) is 3. The third-order valence-electron chi connectivity index (χ3n) is 10.3. The van der Waals surface area contributed by atoms with Gasteiger partial charge in [0.1, 0.15) is 18.1 Å². The average molecular weight is 756 g/mol. The molecule has 2 aliphatic heterocycles. The first-order chi connectivity index (χ1) is 25.4. The smallest absolute Gasteiger partial charge is 0.326 e. The summed E-state index contributed by atoms with van der Waals surface area (Å²) in [4.78, 5) is 82.1. The summed E-state index contributed by atoms with van der Waals surface area (Å²) in [6.07, 6.45) is 2.76. The second-order valence-electron chi connectivity index (χ2n) is 13.5. The van der Waals surface area contributed by atoms with Crippen molar-refractivity contribution in [3.05, 3.63) is 52.5 Å². The van der Waals surface area contributed by atoms with Crippen LogP contribution in [0, 0.1) is 0 Å². The predicted molar refractivity (Wildman–Crippen MR) is 192 cm³/mol. The highest BCUT2D eigenvalue weighted by atomic mass is 35.5. The van der Waals surface area contributed by atoms with Gasteiger partial charge in [-0.1, -0.05) is 30.2 Å². The molecule has 53 heavy (non-hydrogen) atoms. The summed E-state index contributed by atoms with van der Waals surface area (Å²) < 4.78 is 16.2. The van der Waals surface area contributed by atoms with E-state index in [1.165, 1.54) is 32.3 Å². The van der Waals surface area contributed by atoms with E-state index in [-0.39, 0.29) is 67.6 Å². The van der Waals surface area contributed by atoms with Gasteiger partial charge in [0.05, 0.1) is 32.3 Å². The molecule has 4 atom stereocenters. The van der Waals surface area contributed by atoms with E-state index in [1.807, 2.05) is 12.1 Å². The lowest BCUT2D eigenvalue weighted by Gasteiger charge is -2.42. The SMILES string of the molecule is COc1ccc(C(=O)N[C@@H]2C[C@H]3C(=O)N[C@H](C(=O)O)CCC(=O)NCCCC[C@H](NC(=O)C4(c5ccc(Cl)cc5)CCC4)C(=O)N3C2)c(OC)c1OC. The Balaban J connectivity index is 1.45. The number of fused-ring (bicyclic) bond motifs is 1. The number of aliphatic carboxylic acids is 1. The number of hydrogen-bond acceptors (Lipinski definition) is 9. The highest BCUT2D eigenvalue weighted by Gasteiger charge is 2.48. The number of rotatable bonds is 9. The number of halogens is 1. The molecule has 1 saturated carbocycles. The number of hydrogen-bond donors (Lipinski definition) is 5. The molecular weight excluding hydrogens is 710 g/mol. The van der Waals surface area contributed by atoms with E-state index in [1.54, 1.807) is 18.2 Å². The Morgan fingerprint density at radius 1 is 0.906 bits per heavy atom. The van der Waals surface area contributed by atoms with E-state index in [2.05, 4.69) is 21.3 Å². The third-order valence-corrected chi connectivity index (χ3v) is 10.6. The fraction of sp³-hybridized carbons (Fsp3) is 0.514. The van der Waals surface area contributed by atoms with Gasteiger partial charge in [-0.3, -0.25) is 24.0 Å². The molecule has 1 aliphatic carbocycles. The van der Waals surface area contributed by atoms with Crippen LogP contribution in [0.1, 0.15) is 73.7 Å². The van der Waals surface area contributed by atoms with Crippen molar-refractivity contribution in [2.75, 3.05) is 34.4 Å². The Morgan fingerprint density at radius 2 is 1.62 bits per heavy atom. The van der Waals surface area contributed by atoms with Gasteiger partial charge in [-0.2, -0.15) is 0 Å².